The number of ether oxygens (including phenoxy) is 3. The quantitative estimate of drug-likeness (QED) is 0.925. The Morgan fingerprint density at radius 1 is 1.53 bits per heavy atom. The normalized spacial score (nSPS) is 19.4. The van der Waals surface area contributed by atoms with Crippen LogP contribution >= 0.6 is 15.9 Å². The van der Waals surface area contributed by atoms with E-state index in [0.29, 0.717) is 18.9 Å². The highest BCUT2D eigenvalue weighted by atomic mass is 79.9. The van der Waals surface area contributed by atoms with Gasteiger partial charge in [0.2, 0.25) is 0 Å². The van der Waals surface area contributed by atoms with Gasteiger partial charge in [0.25, 0.3) is 0 Å². The number of methoxy groups -OCH3 is 1. The molecule has 1 fully saturated rings. The van der Waals surface area contributed by atoms with Crippen LogP contribution in [0, 0.1) is 0 Å². The van der Waals surface area contributed by atoms with Gasteiger partial charge in [-0.05, 0) is 33.6 Å². The molecule has 1 aliphatic heterocycles. The van der Waals surface area contributed by atoms with Crippen molar-refractivity contribution in [2.24, 2.45) is 5.73 Å². The van der Waals surface area contributed by atoms with Crippen molar-refractivity contribution in [1.82, 2.24) is 0 Å². The van der Waals surface area contributed by atoms with Crippen LogP contribution in [0.2, 0.25) is 0 Å². The third-order valence-electron chi connectivity index (χ3n) is 2.70. The third kappa shape index (κ3) is 2.91. The molecule has 5 heteroatoms. The lowest BCUT2D eigenvalue weighted by atomic mass is 10.2. The zero-order valence-electron chi connectivity index (χ0n) is 9.74. The Kier molecular flexibility index (Phi) is 4.25. The molecule has 1 atom stereocenters. The van der Waals surface area contributed by atoms with Gasteiger partial charge in [-0.25, -0.2) is 0 Å². The predicted octanol–water partition coefficient (Wildman–Crippen LogP) is 2.08. The van der Waals surface area contributed by atoms with Crippen molar-refractivity contribution in [3.63, 3.8) is 0 Å². The summed E-state index contributed by atoms with van der Waals surface area (Å²) in [7, 11) is 1.63. The van der Waals surface area contributed by atoms with Gasteiger partial charge in [-0.2, -0.15) is 0 Å². The van der Waals surface area contributed by atoms with Crippen LogP contribution in [-0.4, -0.2) is 26.4 Å². The summed E-state index contributed by atoms with van der Waals surface area (Å²) < 4.78 is 17.4. The van der Waals surface area contributed by atoms with Crippen molar-refractivity contribution in [2.45, 2.75) is 19.1 Å². The lowest BCUT2D eigenvalue weighted by molar-refractivity contribution is 0.138. The first kappa shape index (κ1) is 12.7. The Balaban J connectivity index is 2.24. The molecule has 0 amide bonds. The SMILES string of the molecule is COc1cc(CN)cc(Br)c1OC1CCOC1. The zero-order chi connectivity index (χ0) is 12.3. The van der Waals surface area contributed by atoms with Gasteiger partial charge in [0.05, 0.1) is 24.8 Å². The molecule has 0 spiro atoms. The molecule has 2 N–H and O–H groups in total. The molecular weight excluding hydrogens is 286 g/mol. The molecule has 4 nitrogen and oxygen atoms in total. The largest absolute Gasteiger partial charge is 0.493 e. The second-order valence-electron chi connectivity index (χ2n) is 3.92. The average Bonchev–Trinajstić information content (AvgIpc) is 2.84. The first-order valence-electron chi connectivity index (χ1n) is 5.55. The molecular formula is C12H16BrNO3. The molecule has 1 aromatic rings. The lowest BCUT2D eigenvalue weighted by Gasteiger charge is -2.17. The molecule has 0 bridgehead atoms. The Hall–Kier alpha value is -0.780. The van der Waals surface area contributed by atoms with E-state index in [1.165, 1.54) is 0 Å². The minimum atomic E-state index is 0.101. The fourth-order valence-electron chi connectivity index (χ4n) is 1.78. The van der Waals surface area contributed by atoms with Gasteiger partial charge in [0.1, 0.15) is 6.10 Å². The van der Waals surface area contributed by atoms with E-state index in [2.05, 4.69) is 15.9 Å². The minimum absolute atomic E-state index is 0.101. The van der Waals surface area contributed by atoms with Gasteiger partial charge in [-0.3, -0.25) is 0 Å². The van der Waals surface area contributed by atoms with Crippen LogP contribution in [0.4, 0.5) is 0 Å². The van der Waals surface area contributed by atoms with Crippen molar-refractivity contribution < 1.29 is 14.2 Å². The van der Waals surface area contributed by atoms with Crippen LogP contribution in [0.5, 0.6) is 11.5 Å². The molecule has 1 aliphatic rings. The molecule has 1 unspecified atom stereocenters. The van der Waals surface area contributed by atoms with Crippen LogP contribution in [0.15, 0.2) is 16.6 Å². The van der Waals surface area contributed by atoms with Gasteiger partial charge < -0.3 is 19.9 Å². The van der Waals surface area contributed by atoms with E-state index in [0.717, 1.165) is 28.8 Å². The van der Waals surface area contributed by atoms with Crippen molar-refractivity contribution in [1.29, 1.82) is 0 Å². The molecule has 1 aromatic carbocycles. The zero-order valence-corrected chi connectivity index (χ0v) is 11.3. The second kappa shape index (κ2) is 5.71. The van der Waals surface area contributed by atoms with E-state index in [9.17, 15) is 0 Å². The standard InChI is InChI=1S/C12H16BrNO3/c1-15-11-5-8(6-14)4-10(13)12(11)17-9-2-3-16-7-9/h4-5,9H,2-3,6-7,14H2,1H3. The van der Waals surface area contributed by atoms with Crippen LogP contribution in [0.1, 0.15) is 12.0 Å². The molecule has 0 aliphatic carbocycles. The van der Waals surface area contributed by atoms with E-state index in [-0.39, 0.29) is 6.10 Å². The summed E-state index contributed by atoms with van der Waals surface area (Å²) in [4.78, 5) is 0. The molecule has 94 valence electrons. The minimum Gasteiger partial charge on any atom is -0.493 e. The maximum absolute atomic E-state index is 5.89. The summed E-state index contributed by atoms with van der Waals surface area (Å²) in [5.74, 6) is 1.42. The van der Waals surface area contributed by atoms with Crippen LogP contribution in [0.3, 0.4) is 0 Å². The van der Waals surface area contributed by atoms with Gasteiger partial charge in [-0.1, -0.05) is 0 Å². The van der Waals surface area contributed by atoms with Crippen LogP contribution < -0.4 is 15.2 Å². The third-order valence-corrected chi connectivity index (χ3v) is 3.29. The van der Waals surface area contributed by atoms with Gasteiger partial charge in [0, 0.05) is 13.0 Å². The van der Waals surface area contributed by atoms with E-state index in [1.54, 1.807) is 7.11 Å². The predicted molar refractivity (Wildman–Crippen MR) is 68.4 cm³/mol. The Bertz CT molecular complexity index is 392. The maximum atomic E-state index is 5.89. The summed E-state index contributed by atoms with van der Waals surface area (Å²) in [6, 6.07) is 3.85. The number of benzene rings is 1. The Morgan fingerprint density at radius 3 is 2.94 bits per heavy atom. The smallest absolute Gasteiger partial charge is 0.175 e. The number of rotatable bonds is 4. The molecule has 2 rings (SSSR count). The molecule has 17 heavy (non-hydrogen) atoms. The van der Waals surface area contributed by atoms with Gasteiger partial charge in [0.15, 0.2) is 11.5 Å². The van der Waals surface area contributed by atoms with Crippen LogP contribution in [-0.2, 0) is 11.3 Å². The molecule has 0 aromatic heterocycles. The molecule has 1 heterocycles. The number of halogens is 1. The van der Waals surface area contributed by atoms with Crippen molar-refractivity contribution in [3.05, 3.63) is 22.2 Å². The van der Waals surface area contributed by atoms with Crippen LogP contribution in [0.25, 0.3) is 0 Å². The van der Waals surface area contributed by atoms with E-state index in [1.807, 2.05) is 12.1 Å². The van der Waals surface area contributed by atoms with Crippen molar-refractivity contribution >= 4 is 15.9 Å². The summed E-state index contributed by atoms with van der Waals surface area (Å²) in [6.07, 6.45) is 1.01. The summed E-state index contributed by atoms with van der Waals surface area (Å²) >= 11 is 3.49. The fourth-order valence-corrected chi connectivity index (χ4v) is 2.36. The lowest BCUT2D eigenvalue weighted by Crippen LogP contribution is -2.16. The monoisotopic (exact) mass is 301 g/mol. The number of hydrogen-bond donors (Lipinski definition) is 1. The average molecular weight is 302 g/mol. The first-order chi connectivity index (χ1) is 8.24. The van der Waals surface area contributed by atoms with E-state index < -0.39 is 0 Å². The van der Waals surface area contributed by atoms with Gasteiger partial charge in [-0.15, -0.1) is 0 Å². The summed E-state index contributed by atoms with van der Waals surface area (Å²) in [5, 5.41) is 0. The molecule has 0 saturated carbocycles. The number of hydrogen-bond acceptors (Lipinski definition) is 4. The summed E-state index contributed by atoms with van der Waals surface area (Å²) in [6.45, 7) is 1.86. The molecule has 0 radical (unpaired) electrons. The highest BCUT2D eigenvalue weighted by Gasteiger charge is 2.21. The first-order valence-corrected chi connectivity index (χ1v) is 6.34. The topological polar surface area (TPSA) is 53.7 Å². The second-order valence-corrected chi connectivity index (χ2v) is 4.77. The van der Waals surface area contributed by atoms with E-state index in [4.69, 9.17) is 19.9 Å². The Morgan fingerprint density at radius 2 is 2.35 bits per heavy atom. The van der Waals surface area contributed by atoms with Crippen molar-refractivity contribution in [2.75, 3.05) is 20.3 Å². The molecule has 1 saturated heterocycles. The van der Waals surface area contributed by atoms with E-state index >= 15 is 0 Å². The fraction of sp³-hybridized carbons (Fsp3) is 0.500. The summed E-state index contributed by atoms with van der Waals surface area (Å²) in [5.41, 5.74) is 6.62. The highest BCUT2D eigenvalue weighted by Crippen LogP contribution is 2.37. The highest BCUT2D eigenvalue weighted by molar-refractivity contribution is 9.10. The number of nitrogens with two attached hydrogens (primary N) is 1. The van der Waals surface area contributed by atoms with Gasteiger partial charge >= 0.3 is 0 Å². The Labute approximate surface area is 109 Å². The van der Waals surface area contributed by atoms with Crippen molar-refractivity contribution in [3.8, 4) is 11.5 Å². The maximum Gasteiger partial charge on any atom is 0.175 e.